The number of carbonyl (C=O) groups excluding carboxylic acids is 1. The zero-order valence-corrected chi connectivity index (χ0v) is 13.6. The standard InChI is InChI=1S/C19H27NO2/c1-18(22,16-8-4-2-5-9-16)14-17(21)20-13-12-19(15-20)10-6-3-7-11-19/h2,4-5,8-9,22H,3,6-7,10-15H2,1H3. The van der Waals surface area contributed by atoms with E-state index in [1.807, 2.05) is 35.2 Å². The molecule has 1 unspecified atom stereocenters. The molecule has 22 heavy (non-hydrogen) atoms. The van der Waals surface area contributed by atoms with Gasteiger partial charge in [-0.1, -0.05) is 49.6 Å². The Morgan fingerprint density at radius 1 is 1.18 bits per heavy atom. The summed E-state index contributed by atoms with van der Waals surface area (Å²) in [5.41, 5.74) is 0.114. The van der Waals surface area contributed by atoms with E-state index in [-0.39, 0.29) is 12.3 Å². The summed E-state index contributed by atoms with van der Waals surface area (Å²) in [6.07, 6.45) is 7.82. The Bertz CT molecular complexity index is 517. The van der Waals surface area contributed by atoms with Gasteiger partial charge in [0.15, 0.2) is 0 Å². The molecule has 1 heterocycles. The van der Waals surface area contributed by atoms with Crippen LogP contribution in [-0.4, -0.2) is 29.0 Å². The molecule has 0 bridgehead atoms. The molecule has 1 spiro atoms. The molecule has 1 saturated carbocycles. The van der Waals surface area contributed by atoms with Crippen molar-refractivity contribution in [2.75, 3.05) is 13.1 Å². The Hall–Kier alpha value is -1.35. The summed E-state index contributed by atoms with van der Waals surface area (Å²) in [6.45, 7) is 3.51. The molecule has 2 aliphatic rings. The van der Waals surface area contributed by atoms with E-state index in [1.165, 1.54) is 32.1 Å². The number of hydrogen-bond acceptors (Lipinski definition) is 2. The van der Waals surface area contributed by atoms with E-state index < -0.39 is 5.60 Å². The predicted octanol–water partition coefficient (Wildman–Crippen LogP) is 3.47. The van der Waals surface area contributed by atoms with Crippen LogP contribution in [0.3, 0.4) is 0 Å². The topological polar surface area (TPSA) is 40.5 Å². The second-order valence-electron chi connectivity index (χ2n) is 7.44. The van der Waals surface area contributed by atoms with Crippen LogP contribution in [0.2, 0.25) is 0 Å². The molecule has 1 atom stereocenters. The first-order valence-corrected chi connectivity index (χ1v) is 8.57. The molecular weight excluding hydrogens is 274 g/mol. The van der Waals surface area contributed by atoms with Gasteiger partial charge in [-0.25, -0.2) is 0 Å². The molecule has 0 radical (unpaired) electrons. The van der Waals surface area contributed by atoms with Crippen molar-refractivity contribution in [3.8, 4) is 0 Å². The van der Waals surface area contributed by atoms with Gasteiger partial charge in [0.25, 0.3) is 0 Å². The van der Waals surface area contributed by atoms with E-state index in [1.54, 1.807) is 6.92 Å². The van der Waals surface area contributed by atoms with Crippen molar-refractivity contribution < 1.29 is 9.90 Å². The minimum absolute atomic E-state index is 0.0938. The average molecular weight is 301 g/mol. The van der Waals surface area contributed by atoms with Gasteiger partial charge in [-0.05, 0) is 37.2 Å². The molecule has 1 N–H and O–H groups in total. The molecular formula is C19H27NO2. The van der Waals surface area contributed by atoms with E-state index in [0.29, 0.717) is 5.41 Å². The lowest BCUT2D eigenvalue weighted by Gasteiger charge is -2.33. The largest absolute Gasteiger partial charge is 0.385 e. The van der Waals surface area contributed by atoms with E-state index in [4.69, 9.17) is 0 Å². The summed E-state index contributed by atoms with van der Waals surface area (Å²) in [6, 6.07) is 9.51. The highest BCUT2D eigenvalue weighted by Crippen LogP contribution is 2.44. The number of nitrogens with zero attached hydrogens (tertiary/aromatic N) is 1. The van der Waals surface area contributed by atoms with Crippen LogP contribution in [0.15, 0.2) is 30.3 Å². The Morgan fingerprint density at radius 2 is 1.86 bits per heavy atom. The number of rotatable bonds is 3. The first-order valence-electron chi connectivity index (χ1n) is 8.57. The average Bonchev–Trinajstić information content (AvgIpc) is 2.92. The van der Waals surface area contributed by atoms with Gasteiger partial charge in [0, 0.05) is 13.1 Å². The lowest BCUT2D eigenvalue weighted by molar-refractivity contribution is -0.135. The molecule has 1 saturated heterocycles. The molecule has 3 nitrogen and oxygen atoms in total. The molecule has 1 amide bonds. The second kappa shape index (κ2) is 6.04. The van der Waals surface area contributed by atoms with Gasteiger partial charge in [0.1, 0.15) is 0 Å². The number of benzene rings is 1. The van der Waals surface area contributed by atoms with Crippen molar-refractivity contribution in [2.24, 2.45) is 5.41 Å². The van der Waals surface area contributed by atoms with Crippen LogP contribution in [0.4, 0.5) is 0 Å². The van der Waals surface area contributed by atoms with E-state index in [0.717, 1.165) is 25.1 Å². The van der Waals surface area contributed by atoms with Gasteiger partial charge in [0.05, 0.1) is 12.0 Å². The number of aliphatic hydroxyl groups is 1. The molecule has 1 aromatic carbocycles. The van der Waals surface area contributed by atoms with Crippen LogP contribution in [0, 0.1) is 5.41 Å². The monoisotopic (exact) mass is 301 g/mol. The fraction of sp³-hybridized carbons (Fsp3) is 0.632. The van der Waals surface area contributed by atoms with Crippen LogP contribution < -0.4 is 0 Å². The smallest absolute Gasteiger partial charge is 0.225 e. The van der Waals surface area contributed by atoms with Crippen molar-refractivity contribution in [3.63, 3.8) is 0 Å². The Labute approximate surface area is 133 Å². The maximum absolute atomic E-state index is 12.6. The molecule has 0 aromatic heterocycles. The van der Waals surface area contributed by atoms with Crippen molar-refractivity contribution in [1.29, 1.82) is 0 Å². The normalized spacial score (nSPS) is 23.5. The third-order valence-electron chi connectivity index (χ3n) is 5.60. The summed E-state index contributed by atoms with van der Waals surface area (Å²) in [4.78, 5) is 14.6. The highest BCUT2D eigenvalue weighted by molar-refractivity contribution is 5.78. The van der Waals surface area contributed by atoms with Gasteiger partial charge < -0.3 is 10.0 Å². The summed E-state index contributed by atoms with van der Waals surface area (Å²) >= 11 is 0. The third-order valence-corrected chi connectivity index (χ3v) is 5.60. The molecule has 2 fully saturated rings. The molecule has 1 aliphatic carbocycles. The van der Waals surface area contributed by atoms with Gasteiger partial charge in [-0.2, -0.15) is 0 Å². The maximum Gasteiger partial charge on any atom is 0.225 e. The predicted molar refractivity (Wildman–Crippen MR) is 87.3 cm³/mol. The van der Waals surface area contributed by atoms with Crippen LogP contribution in [0.25, 0.3) is 0 Å². The van der Waals surface area contributed by atoms with Crippen LogP contribution >= 0.6 is 0 Å². The summed E-state index contributed by atoms with van der Waals surface area (Å²) in [5.74, 6) is 0.0938. The molecule has 3 rings (SSSR count). The van der Waals surface area contributed by atoms with Crippen molar-refractivity contribution in [1.82, 2.24) is 4.90 Å². The lowest BCUT2D eigenvalue weighted by Crippen LogP contribution is -2.37. The van der Waals surface area contributed by atoms with Crippen LogP contribution in [0.1, 0.15) is 57.4 Å². The molecule has 1 aliphatic heterocycles. The van der Waals surface area contributed by atoms with E-state index in [2.05, 4.69) is 0 Å². The fourth-order valence-electron chi connectivity index (χ4n) is 4.16. The number of carbonyl (C=O) groups is 1. The van der Waals surface area contributed by atoms with Crippen LogP contribution in [0.5, 0.6) is 0 Å². The van der Waals surface area contributed by atoms with E-state index >= 15 is 0 Å². The minimum Gasteiger partial charge on any atom is -0.385 e. The zero-order valence-electron chi connectivity index (χ0n) is 13.6. The van der Waals surface area contributed by atoms with Gasteiger partial charge in [0.2, 0.25) is 5.91 Å². The Kier molecular flexibility index (Phi) is 4.26. The Morgan fingerprint density at radius 3 is 2.55 bits per heavy atom. The lowest BCUT2D eigenvalue weighted by atomic mass is 9.73. The minimum atomic E-state index is -1.08. The highest BCUT2D eigenvalue weighted by Gasteiger charge is 2.41. The Balaban J connectivity index is 1.63. The first kappa shape index (κ1) is 15.5. The molecule has 3 heteroatoms. The van der Waals surface area contributed by atoms with Gasteiger partial charge in [-0.3, -0.25) is 4.79 Å². The SMILES string of the molecule is CC(O)(CC(=O)N1CCC2(CCCCC2)C1)c1ccccc1. The molecule has 1 aromatic rings. The van der Waals surface area contributed by atoms with Crippen molar-refractivity contribution in [3.05, 3.63) is 35.9 Å². The maximum atomic E-state index is 12.6. The molecule has 120 valence electrons. The van der Waals surface area contributed by atoms with Crippen LogP contribution in [-0.2, 0) is 10.4 Å². The third kappa shape index (κ3) is 3.19. The quantitative estimate of drug-likeness (QED) is 0.928. The van der Waals surface area contributed by atoms with Crippen molar-refractivity contribution in [2.45, 2.75) is 57.5 Å². The summed E-state index contributed by atoms with van der Waals surface area (Å²) < 4.78 is 0. The fourth-order valence-corrected chi connectivity index (χ4v) is 4.16. The first-order chi connectivity index (χ1) is 10.5. The number of amides is 1. The highest BCUT2D eigenvalue weighted by atomic mass is 16.3. The number of hydrogen-bond donors (Lipinski definition) is 1. The van der Waals surface area contributed by atoms with Gasteiger partial charge >= 0.3 is 0 Å². The summed E-state index contributed by atoms with van der Waals surface area (Å²) in [5, 5.41) is 10.7. The van der Waals surface area contributed by atoms with Crippen molar-refractivity contribution >= 4 is 5.91 Å². The summed E-state index contributed by atoms with van der Waals surface area (Å²) in [7, 11) is 0. The zero-order chi connectivity index (χ0) is 15.6. The van der Waals surface area contributed by atoms with Gasteiger partial charge in [-0.15, -0.1) is 0 Å². The van der Waals surface area contributed by atoms with E-state index in [9.17, 15) is 9.90 Å². The number of likely N-dealkylation sites (tertiary alicyclic amines) is 1. The second-order valence-corrected chi connectivity index (χ2v) is 7.44.